The first-order valence-electron chi connectivity index (χ1n) is 6.42. The van der Waals surface area contributed by atoms with Crippen LogP contribution < -0.4 is 4.74 Å². The van der Waals surface area contributed by atoms with Crippen molar-refractivity contribution in [2.75, 3.05) is 6.61 Å². The van der Waals surface area contributed by atoms with E-state index in [0.717, 1.165) is 25.0 Å². The Morgan fingerprint density at radius 3 is 2.94 bits per heavy atom. The van der Waals surface area contributed by atoms with Gasteiger partial charge in [0.25, 0.3) is 0 Å². The molecule has 90 valence electrons. The molecule has 2 nitrogen and oxygen atoms in total. The minimum atomic E-state index is -0.302. The van der Waals surface area contributed by atoms with Crippen LogP contribution in [0.2, 0.25) is 0 Å². The normalized spacial score (nSPS) is 22.4. The molecule has 0 aromatic heterocycles. The van der Waals surface area contributed by atoms with Gasteiger partial charge >= 0.3 is 0 Å². The van der Waals surface area contributed by atoms with Crippen molar-refractivity contribution in [3.63, 3.8) is 0 Å². The Morgan fingerprint density at radius 1 is 1.35 bits per heavy atom. The maximum Gasteiger partial charge on any atom is 0.122 e. The lowest BCUT2D eigenvalue weighted by atomic mass is 9.77. The second-order valence-corrected chi connectivity index (χ2v) is 4.92. The molecule has 1 aliphatic heterocycles. The fraction of sp³-hybridized carbons (Fsp3) is 0.533. The Kier molecular flexibility index (Phi) is 3.68. The summed E-state index contributed by atoms with van der Waals surface area (Å²) in [5.74, 6) is 0.953. The van der Waals surface area contributed by atoms with E-state index in [-0.39, 0.29) is 5.41 Å². The molecule has 0 spiro atoms. The standard InChI is InChI=1S/C15H19NO/c1-2-3-6-9-15(11-16)10-13-7-4-5-8-14(13)17-12-15/h4-5,7-8H,2-3,6,9-10,12H2,1H3. The average Bonchev–Trinajstić information content (AvgIpc) is 2.39. The fourth-order valence-corrected chi connectivity index (χ4v) is 2.42. The van der Waals surface area contributed by atoms with Crippen molar-refractivity contribution < 1.29 is 4.74 Å². The van der Waals surface area contributed by atoms with Gasteiger partial charge in [-0.2, -0.15) is 5.26 Å². The van der Waals surface area contributed by atoms with Crippen LogP contribution in [0.5, 0.6) is 5.75 Å². The molecular formula is C15H19NO. The molecule has 1 unspecified atom stereocenters. The molecule has 1 aromatic rings. The van der Waals surface area contributed by atoms with Crippen molar-refractivity contribution in [3.8, 4) is 11.8 Å². The first-order chi connectivity index (χ1) is 8.29. The molecule has 1 atom stereocenters. The van der Waals surface area contributed by atoms with Crippen LogP contribution in [0.25, 0.3) is 0 Å². The Bertz CT molecular complexity index is 421. The van der Waals surface area contributed by atoms with Crippen LogP contribution in [0.1, 0.15) is 38.2 Å². The van der Waals surface area contributed by atoms with Crippen molar-refractivity contribution >= 4 is 0 Å². The average molecular weight is 229 g/mol. The SMILES string of the molecule is CCCCCC1(C#N)COc2ccccc2C1. The number of para-hydroxylation sites is 1. The number of unbranched alkanes of at least 4 members (excludes halogenated alkanes) is 2. The number of hydrogen-bond donors (Lipinski definition) is 0. The topological polar surface area (TPSA) is 33.0 Å². The molecule has 0 aliphatic carbocycles. The highest BCUT2D eigenvalue weighted by atomic mass is 16.5. The maximum atomic E-state index is 9.44. The van der Waals surface area contributed by atoms with Gasteiger partial charge in [-0.1, -0.05) is 44.4 Å². The van der Waals surface area contributed by atoms with Gasteiger partial charge in [0.05, 0.1) is 11.5 Å². The summed E-state index contributed by atoms with van der Waals surface area (Å²) in [6.45, 7) is 2.73. The summed E-state index contributed by atoms with van der Waals surface area (Å²) in [5.41, 5.74) is 0.876. The zero-order chi connectivity index (χ0) is 12.1. The maximum absolute atomic E-state index is 9.44. The molecule has 1 aliphatic rings. The smallest absolute Gasteiger partial charge is 0.122 e. The van der Waals surface area contributed by atoms with Crippen LogP contribution >= 0.6 is 0 Å². The third kappa shape index (κ3) is 2.61. The van der Waals surface area contributed by atoms with Crippen molar-refractivity contribution in [2.24, 2.45) is 5.41 Å². The summed E-state index contributed by atoms with van der Waals surface area (Å²) in [5, 5.41) is 9.44. The fourth-order valence-electron chi connectivity index (χ4n) is 2.42. The molecule has 0 radical (unpaired) electrons. The zero-order valence-corrected chi connectivity index (χ0v) is 10.4. The van der Waals surface area contributed by atoms with Gasteiger partial charge in [-0.15, -0.1) is 0 Å². The zero-order valence-electron chi connectivity index (χ0n) is 10.4. The van der Waals surface area contributed by atoms with Crippen molar-refractivity contribution in [1.29, 1.82) is 5.26 Å². The predicted molar refractivity (Wildman–Crippen MR) is 67.8 cm³/mol. The Morgan fingerprint density at radius 2 is 2.18 bits per heavy atom. The van der Waals surface area contributed by atoms with Crippen LogP contribution in [-0.2, 0) is 6.42 Å². The predicted octanol–water partition coefficient (Wildman–Crippen LogP) is 3.71. The number of nitriles is 1. The monoisotopic (exact) mass is 229 g/mol. The summed E-state index contributed by atoms with van der Waals surface area (Å²) in [4.78, 5) is 0. The molecule has 1 heterocycles. The summed E-state index contributed by atoms with van der Waals surface area (Å²) < 4.78 is 5.74. The van der Waals surface area contributed by atoms with E-state index in [1.54, 1.807) is 0 Å². The van der Waals surface area contributed by atoms with Crippen LogP contribution in [-0.4, -0.2) is 6.61 Å². The summed E-state index contributed by atoms with van der Waals surface area (Å²) in [6.07, 6.45) is 5.30. The highest BCUT2D eigenvalue weighted by Gasteiger charge is 2.35. The minimum Gasteiger partial charge on any atom is -0.492 e. The molecule has 2 heteroatoms. The largest absolute Gasteiger partial charge is 0.492 e. The van der Waals surface area contributed by atoms with E-state index in [9.17, 15) is 5.26 Å². The molecule has 0 amide bonds. The molecule has 0 saturated carbocycles. The van der Waals surface area contributed by atoms with E-state index in [0.29, 0.717) is 6.61 Å². The second kappa shape index (κ2) is 5.23. The lowest BCUT2D eigenvalue weighted by Crippen LogP contribution is -2.33. The molecule has 0 N–H and O–H groups in total. The number of benzene rings is 1. The molecule has 2 rings (SSSR count). The molecule has 1 aromatic carbocycles. The Hall–Kier alpha value is -1.49. The number of ether oxygens (including phenoxy) is 1. The lowest BCUT2D eigenvalue weighted by Gasteiger charge is -2.32. The molecule has 0 bridgehead atoms. The number of nitrogens with zero attached hydrogens (tertiary/aromatic N) is 1. The number of rotatable bonds is 4. The van der Waals surface area contributed by atoms with Gasteiger partial charge in [-0.25, -0.2) is 0 Å². The first kappa shape index (κ1) is 12.0. The highest BCUT2D eigenvalue weighted by Crippen LogP contribution is 2.37. The lowest BCUT2D eigenvalue weighted by molar-refractivity contribution is 0.157. The third-order valence-corrected chi connectivity index (χ3v) is 3.50. The van der Waals surface area contributed by atoms with Crippen LogP contribution in [0.3, 0.4) is 0 Å². The van der Waals surface area contributed by atoms with Crippen molar-refractivity contribution in [3.05, 3.63) is 29.8 Å². The van der Waals surface area contributed by atoms with E-state index in [2.05, 4.69) is 19.1 Å². The van der Waals surface area contributed by atoms with E-state index < -0.39 is 0 Å². The minimum absolute atomic E-state index is 0.302. The van der Waals surface area contributed by atoms with Gasteiger partial charge < -0.3 is 4.74 Å². The highest BCUT2D eigenvalue weighted by molar-refractivity contribution is 5.37. The van der Waals surface area contributed by atoms with Crippen molar-refractivity contribution in [1.82, 2.24) is 0 Å². The van der Waals surface area contributed by atoms with Crippen LogP contribution in [0.4, 0.5) is 0 Å². The number of fused-ring (bicyclic) bond motifs is 1. The van der Waals surface area contributed by atoms with Crippen LogP contribution in [0, 0.1) is 16.7 Å². The quantitative estimate of drug-likeness (QED) is 0.737. The van der Waals surface area contributed by atoms with E-state index in [1.807, 2.05) is 18.2 Å². The van der Waals surface area contributed by atoms with Gasteiger partial charge in [0.15, 0.2) is 0 Å². The Balaban J connectivity index is 2.10. The molecular weight excluding hydrogens is 210 g/mol. The van der Waals surface area contributed by atoms with Gasteiger partial charge in [0, 0.05) is 0 Å². The summed E-state index contributed by atoms with van der Waals surface area (Å²) in [6, 6.07) is 10.5. The summed E-state index contributed by atoms with van der Waals surface area (Å²) >= 11 is 0. The summed E-state index contributed by atoms with van der Waals surface area (Å²) in [7, 11) is 0. The van der Waals surface area contributed by atoms with Crippen LogP contribution in [0.15, 0.2) is 24.3 Å². The van der Waals surface area contributed by atoms with Gasteiger partial charge in [-0.3, -0.25) is 0 Å². The molecule has 0 saturated heterocycles. The van der Waals surface area contributed by atoms with Gasteiger partial charge in [0.1, 0.15) is 12.4 Å². The van der Waals surface area contributed by atoms with Gasteiger partial charge in [-0.05, 0) is 24.5 Å². The van der Waals surface area contributed by atoms with E-state index >= 15 is 0 Å². The first-order valence-corrected chi connectivity index (χ1v) is 6.42. The van der Waals surface area contributed by atoms with Crippen molar-refractivity contribution in [2.45, 2.75) is 39.0 Å². The third-order valence-electron chi connectivity index (χ3n) is 3.50. The second-order valence-electron chi connectivity index (χ2n) is 4.92. The number of hydrogen-bond acceptors (Lipinski definition) is 2. The van der Waals surface area contributed by atoms with E-state index in [1.165, 1.54) is 18.4 Å². The molecule has 17 heavy (non-hydrogen) atoms. The van der Waals surface area contributed by atoms with Gasteiger partial charge in [0.2, 0.25) is 0 Å². The molecule has 0 fully saturated rings. The Labute approximate surface area is 103 Å². The van der Waals surface area contributed by atoms with E-state index in [4.69, 9.17) is 4.74 Å².